The van der Waals surface area contributed by atoms with E-state index in [1.807, 2.05) is 24.3 Å². The van der Waals surface area contributed by atoms with Gasteiger partial charge in [-0.3, -0.25) is 9.80 Å². The molecule has 2 aliphatic rings. The van der Waals surface area contributed by atoms with Gasteiger partial charge >= 0.3 is 0 Å². The van der Waals surface area contributed by atoms with Crippen LogP contribution in [0.2, 0.25) is 5.02 Å². The van der Waals surface area contributed by atoms with E-state index in [0.29, 0.717) is 30.3 Å². The van der Waals surface area contributed by atoms with Crippen molar-refractivity contribution in [1.82, 2.24) is 9.80 Å². The number of halogens is 3. The number of benzene rings is 3. The van der Waals surface area contributed by atoms with Crippen LogP contribution in [0.25, 0.3) is 4.91 Å². The lowest BCUT2D eigenvalue weighted by Gasteiger charge is -2.42. The van der Waals surface area contributed by atoms with Crippen molar-refractivity contribution in [3.63, 3.8) is 0 Å². The highest BCUT2D eigenvalue weighted by molar-refractivity contribution is 8.00. The van der Waals surface area contributed by atoms with Gasteiger partial charge in [0.15, 0.2) is 9.84 Å². The molecule has 0 aromatic heterocycles. The summed E-state index contributed by atoms with van der Waals surface area (Å²) in [6.45, 7) is 3.42. The van der Waals surface area contributed by atoms with E-state index in [1.165, 1.54) is 18.4 Å². The molecule has 5 rings (SSSR count). The van der Waals surface area contributed by atoms with Crippen LogP contribution < -0.4 is 0 Å². The summed E-state index contributed by atoms with van der Waals surface area (Å²) in [6.07, 6.45) is 3.46. The summed E-state index contributed by atoms with van der Waals surface area (Å²) in [5.74, 6) is -1.62. The van der Waals surface area contributed by atoms with Crippen LogP contribution in [0.15, 0.2) is 72.3 Å². The van der Waals surface area contributed by atoms with Crippen LogP contribution in [0.5, 0.6) is 0 Å². The smallest absolute Gasteiger partial charge is 0.176 e. The van der Waals surface area contributed by atoms with Crippen LogP contribution in [0, 0.1) is 11.6 Å². The second-order valence-corrected chi connectivity index (χ2v) is 13.0. The van der Waals surface area contributed by atoms with Crippen molar-refractivity contribution < 1.29 is 21.9 Å². The molecule has 0 aliphatic carbocycles. The minimum Gasteiger partial charge on any atom is -0.383 e. The third-order valence-corrected chi connectivity index (χ3v) is 9.22. The summed E-state index contributed by atoms with van der Waals surface area (Å²) < 4.78 is 59.0. The molecule has 0 saturated carbocycles. The minimum absolute atomic E-state index is 0.0135. The lowest BCUT2D eigenvalue weighted by atomic mass is 9.91. The summed E-state index contributed by atoms with van der Waals surface area (Å²) in [7, 11) is -2.01. The minimum atomic E-state index is -3.74. The first-order chi connectivity index (χ1) is 19.1. The Bertz CT molecular complexity index is 1460. The highest BCUT2D eigenvalue weighted by atomic mass is 35.5. The van der Waals surface area contributed by atoms with E-state index in [0.717, 1.165) is 48.7 Å². The molecule has 9 heteroatoms. The van der Waals surface area contributed by atoms with E-state index in [9.17, 15) is 17.2 Å². The molecule has 0 spiro atoms. The number of sulfone groups is 1. The molecule has 2 atom stereocenters. The van der Waals surface area contributed by atoms with E-state index in [4.69, 9.17) is 16.3 Å². The van der Waals surface area contributed by atoms with Gasteiger partial charge in [0.2, 0.25) is 0 Å². The van der Waals surface area contributed by atoms with E-state index < -0.39 is 21.5 Å². The second kappa shape index (κ2) is 12.1. The van der Waals surface area contributed by atoms with Crippen molar-refractivity contribution in [3.05, 3.63) is 111 Å². The topological polar surface area (TPSA) is 49.9 Å². The largest absolute Gasteiger partial charge is 0.383 e. The molecule has 0 bridgehead atoms. The highest BCUT2D eigenvalue weighted by Crippen LogP contribution is 2.39. The summed E-state index contributed by atoms with van der Waals surface area (Å²) in [5.41, 5.74) is 3.92. The molecule has 2 fully saturated rings. The molecule has 5 nitrogen and oxygen atoms in total. The van der Waals surface area contributed by atoms with Crippen LogP contribution in [0.1, 0.15) is 47.2 Å². The van der Waals surface area contributed by atoms with E-state index >= 15 is 0 Å². The quantitative estimate of drug-likeness (QED) is 0.296. The first kappa shape index (κ1) is 28.9. The molecule has 0 N–H and O–H groups in total. The van der Waals surface area contributed by atoms with Crippen molar-refractivity contribution >= 4 is 26.3 Å². The molecule has 2 unspecified atom stereocenters. The van der Waals surface area contributed by atoms with Crippen LogP contribution in [-0.2, 0) is 14.6 Å². The van der Waals surface area contributed by atoms with Crippen molar-refractivity contribution in [3.8, 4) is 0 Å². The summed E-state index contributed by atoms with van der Waals surface area (Å²) in [5, 5.41) is 0.627. The van der Waals surface area contributed by atoms with Gasteiger partial charge in [-0.25, -0.2) is 17.2 Å². The van der Waals surface area contributed by atoms with Crippen molar-refractivity contribution in [2.75, 3.05) is 46.2 Å². The van der Waals surface area contributed by atoms with Crippen molar-refractivity contribution in [1.29, 1.82) is 0 Å². The van der Waals surface area contributed by atoms with Crippen LogP contribution in [0.3, 0.4) is 0 Å². The van der Waals surface area contributed by atoms with Gasteiger partial charge in [0, 0.05) is 37.5 Å². The Kier molecular flexibility index (Phi) is 8.73. The zero-order valence-electron chi connectivity index (χ0n) is 22.6. The standard InChI is InChI=1S/C31H33ClF2N2O3S/c1-39-20-29(35-13-3-4-14-35)21-5-7-22(8-6-21)30(23-9-11-26(32)12-10-23)36-18-25(19-36)31(40(2,37)38)24-15-27(33)17-28(34)16-24/h5-12,15-17,29-30H,3-4,13-14,18-20H2,1-2H3. The van der Waals surface area contributed by atoms with Gasteiger partial charge in [-0.05, 0) is 78.0 Å². The monoisotopic (exact) mass is 586 g/mol. The van der Waals surface area contributed by atoms with Gasteiger partial charge in [0.05, 0.1) is 23.6 Å². The fourth-order valence-corrected chi connectivity index (χ4v) is 7.24. The molecule has 0 amide bonds. The number of rotatable bonds is 9. The Labute approximate surface area is 239 Å². The SMILES string of the molecule is COCC(c1ccc(C(c2ccc(Cl)cc2)N2CC(=C(c3cc(F)cc(F)c3)S(C)(=O)=O)C2)cc1)N1CCCC1. The molecular weight excluding hydrogens is 554 g/mol. The first-order valence-electron chi connectivity index (χ1n) is 13.3. The Morgan fingerprint density at radius 2 is 1.40 bits per heavy atom. The number of nitrogens with zero attached hydrogens (tertiary/aromatic N) is 2. The molecule has 3 aromatic rings. The normalized spacial score (nSPS) is 18.0. The Morgan fingerprint density at radius 3 is 1.93 bits per heavy atom. The van der Waals surface area contributed by atoms with Crippen molar-refractivity contribution in [2.24, 2.45) is 0 Å². The van der Waals surface area contributed by atoms with Gasteiger partial charge in [0.25, 0.3) is 0 Å². The van der Waals surface area contributed by atoms with Crippen LogP contribution in [-0.4, -0.2) is 64.4 Å². The highest BCUT2D eigenvalue weighted by Gasteiger charge is 2.35. The Balaban J connectivity index is 1.48. The van der Waals surface area contributed by atoms with Gasteiger partial charge in [-0.15, -0.1) is 0 Å². The predicted molar refractivity (Wildman–Crippen MR) is 155 cm³/mol. The second-order valence-electron chi connectivity index (χ2n) is 10.6. The van der Waals surface area contributed by atoms with E-state index in [2.05, 4.69) is 34.1 Å². The summed E-state index contributed by atoms with van der Waals surface area (Å²) in [4.78, 5) is 4.60. The number of likely N-dealkylation sites (tertiary alicyclic amines) is 2. The maximum atomic E-state index is 14.0. The molecule has 212 valence electrons. The molecule has 2 aliphatic heterocycles. The van der Waals surface area contributed by atoms with E-state index in [1.54, 1.807) is 7.11 Å². The first-order valence-corrected chi connectivity index (χ1v) is 15.6. The molecule has 2 heterocycles. The van der Waals surface area contributed by atoms with Crippen LogP contribution in [0.4, 0.5) is 8.78 Å². The average molecular weight is 587 g/mol. The Morgan fingerprint density at radius 1 is 0.875 bits per heavy atom. The number of ether oxygens (including phenoxy) is 1. The predicted octanol–water partition coefficient (Wildman–Crippen LogP) is 6.26. The lowest BCUT2D eigenvalue weighted by molar-refractivity contribution is 0.105. The molecule has 40 heavy (non-hydrogen) atoms. The average Bonchev–Trinajstić information content (AvgIpc) is 3.41. The lowest BCUT2D eigenvalue weighted by Crippen LogP contribution is -2.44. The number of hydrogen-bond acceptors (Lipinski definition) is 5. The van der Waals surface area contributed by atoms with Gasteiger partial charge in [-0.1, -0.05) is 48.0 Å². The van der Waals surface area contributed by atoms with Crippen LogP contribution >= 0.6 is 11.6 Å². The fourth-order valence-electron chi connectivity index (χ4n) is 5.92. The Hall–Kier alpha value is -2.62. The fraction of sp³-hybridized carbons (Fsp3) is 0.355. The number of methoxy groups -OCH3 is 1. The van der Waals surface area contributed by atoms with Gasteiger partial charge in [0.1, 0.15) is 11.6 Å². The van der Waals surface area contributed by atoms with E-state index in [-0.39, 0.29) is 22.6 Å². The molecular formula is C31H33ClF2N2O3S. The molecule has 0 radical (unpaired) electrons. The zero-order chi connectivity index (χ0) is 28.4. The summed E-state index contributed by atoms with van der Waals surface area (Å²) in [6, 6.07) is 19.1. The van der Waals surface area contributed by atoms with Crippen molar-refractivity contribution in [2.45, 2.75) is 24.9 Å². The van der Waals surface area contributed by atoms with Gasteiger partial charge < -0.3 is 4.74 Å². The maximum Gasteiger partial charge on any atom is 0.176 e. The number of hydrogen-bond donors (Lipinski definition) is 0. The van der Waals surface area contributed by atoms with Gasteiger partial charge in [-0.2, -0.15) is 0 Å². The third kappa shape index (κ3) is 6.31. The zero-order valence-corrected chi connectivity index (χ0v) is 24.2. The molecule has 3 aromatic carbocycles. The summed E-state index contributed by atoms with van der Waals surface area (Å²) >= 11 is 6.18. The third-order valence-electron chi connectivity index (χ3n) is 7.70. The maximum absolute atomic E-state index is 14.0. The molecule has 2 saturated heterocycles.